The Morgan fingerprint density at radius 1 is 0.511 bits per heavy atom. The van der Waals surface area contributed by atoms with Crippen LogP contribution in [-0.4, -0.2) is 14.1 Å². The van der Waals surface area contributed by atoms with E-state index in [1.54, 1.807) is 0 Å². The standard InChI is InChI=1S/C41H29N5O/c42-35-17-6-7-18-36(35)44-27-11-10-14-29(23-27)47-30-21-22-33-31-15-4-9-20-38(31)46(39(33)24-30)41-25-40-34(26-43-41)32-16-5-8-19-37(32)45(40)28-12-2-1-3-13-28/h1-26,44H,42H2. The number of nitrogens with one attached hydrogen (secondary N) is 1. The molecule has 0 atom stereocenters. The SMILES string of the molecule is Nc1ccccc1Nc1cccc(Oc2ccc3c4ccccc4n(-c4cc5c(cn4)c4ccccc4n5-c4ccccc4)c3c2)c1. The van der Waals surface area contributed by atoms with E-state index >= 15 is 0 Å². The summed E-state index contributed by atoms with van der Waals surface area (Å²) in [5.74, 6) is 2.29. The predicted molar refractivity (Wildman–Crippen MR) is 194 cm³/mol. The van der Waals surface area contributed by atoms with Crippen molar-refractivity contribution in [2.24, 2.45) is 0 Å². The first-order valence-electron chi connectivity index (χ1n) is 15.6. The van der Waals surface area contributed by atoms with Crippen LogP contribution in [0.25, 0.3) is 55.1 Å². The van der Waals surface area contributed by atoms with Gasteiger partial charge in [-0.1, -0.05) is 72.8 Å². The first-order valence-corrected chi connectivity index (χ1v) is 15.6. The minimum absolute atomic E-state index is 0.688. The van der Waals surface area contributed by atoms with E-state index in [-0.39, 0.29) is 0 Å². The molecule has 0 fully saturated rings. The van der Waals surface area contributed by atoms with Crippen molar-refractivity contribution in [2.75, 3.05) is 11.1 Å². The van der Waals surface area contributed by atoms with Crippen LogP contribution < -0.4 is 15.8 Å². The summed E-state index contributed by atoms with van der Waals surface area (Å²) >= 11 is 0. The van der Waals surface area contributed by atoms with Crippen molar-refractivity contribution >= 4 is 60.7 Å². The highest BCUT2D eigenvalue weighted by Crippen LogP contribution is 2.38. The smallest absolute Gasteiger partial charge is 0.139 e. The number of nitrogens with two attached hydrogens (primary N) is 1. The molecule has 0 bridgehead atoms. The fourth-order valence-electron chi connectivity index (χ4n) is 6.63. The van der Waals surface area contributed by atoms with Crippen LogP contribution in [0.1, 0.15) is 0 Å². The average molecular weight is 608 g/mol. The molecule has 0 radical (unpaired) electrons. The third-order valence-electron chi connectivity index (χ3n) is 8.74. The van der Waals surface area contributed by atoms with Gasteiger partial charge in [0, 0.05) is 57.3 Å². The van der Waals surface area contributed by atoms with Crippen molar-refractivity contribution in [3.8, 4) is 23.0 Å². The molecule has 0 aliphatic heterocycles. The van der Waals surface area contributed by atoms with Crippen LogP contribution >= 0.6 is 0 Å². The van der Waals surface area contributed by atoms with Crippen molar-refractivity contribution < 1.29 is 4.74 Å². The first kappa shape index (κ1) is 26.8. The summed E-state index contributed by atoms with van der Waals surface area (Å²) in [6.07, 6.45) is 2.01. The van der Waals surface area contributed by atoms with Crippen molar-refractivity contribution in [3.05, 3.63) is 158 Å². The second kappa shape index (κ2) is 10.8. The Labute approximate surface area is 270 Å². The Bertz CT molecular complexity index is 2600. The van der Waals surface area contributed by atoms with Crippen molar-refractivity contribution in [1.82, 2.24) is 14.1 Å². The quantitative estimate of drug-likeness (QED) is 0.185. The Morgan fingerprint density at radius 2 is 1.17 bits per heavy atom. The average Bonchev–Trinajstić information content (AvgIpc) is 3.62. The van der Waals surface area contributed by atoms with Gasteiger partial charge in [-0.05, 0) is 60.7 Å². The number of hydrogen-bond acceptors (Lipinski definition) is 4. The maximum Gasteiger partial charge on any atom is 0.139 e. The molecular weight excluding hydrogens is 578 g/mol. The Balaban J connectivity index is 1.18. The number of benzene rings is 6. The summed E-state index contributed by atoms with van der Waals surface area (Å²) in [7, 11) is 0. The van der Waals surface area contributed by atoms with E-state index in [9.17, 15) is 0 Å². The number of para-hydroxylation sites is 5. The first-order chi connectivity index (χ1) is 23.2. The molecule has 6 aromatic carbocycles. The molecule has 6 heteroatoms. The highest BCUT2D eigenvalue weighted by molar-refractivity contribution is 6.11. The van der Waals surface area contributed by atoms with Gasteiger partial charge in [-0.15, -0.1) is 0 Å². The largest absolute Gasteiger partial charge is 0.457 e. The Hall–Kier alpha value is -6.53. The number of hydrogen-bond donors (Lipinski definition) is 2. The number of rotatable bonds is 6. The highest BCUT2D eigenvalue weighted by atomic mass is 16.5. The zero-order valence-corrected chi connectivity index (χ0v) is 25.3. The molecule has 47 heavy (non-hydrogen) atoms. The van der Waals surface area contributed by atoms with E-state index in [0.717, 1.165) is 72.6 Å². The molecule has 3 heterocycles. The number of nitrogens with zero attached hydrogens (tertiary/aromatic N) is 3. The molecule has 0 aliphatic rings. The molecule has 9 aromatic rings. The Kier molecular flexibility index (Phi) is 6.18. The van der Waals surface area contributed by atoms with Gasteiger partial charge in [0.05, 0.1) is 33.4 Å². The fourth-order valence-corrected chi connectivity index (χ4v) is 6.63. The van der Waals surface area contributed by atoms with Crippen molar-refractivity contribution in [1.29, 1.82) is 0 Å². The number of pyridine rings is 1. The molecule has 0 saturated heterocycles. The van der Waals surface area contributed by atoms with E-state index in [4.69, 9.17) is 15.5 Å². The van der Waals surface area contributed by atoms with Crippen LogP contribution in [0.2, 0.25) is 0 Å². The zero-order chi connectivity index (χ0) is 31.3. The molecule has 0 aliphatic carbocycles. The number of nitrogen functional groups attached to an aromatic ring is 1. The third kappa shape index (κ3) is 4.54. The van der Waals surface area contributed by atoms with Gasteiger partial charge in [0.2, 0.25) is 0 Å². The van der Waals surface area contributed by atoms with Crippen LogP contribution in [0.4, 0.5) is 17.1 Å². The van der Waals surface area contributed by atoms with Crippen LogP contribution in [0.3, 0.4) is 0 Å². The number of ether oxygens (including phenoxy) is 1. The molecule has 3 N–H and O–H groups in total. The molecule has 3 aromatic heterocycles. The van der Waals surface area contributed by atoms with E-state index < -0.39 is 0 Å². The van der Waals surface area contributed by atoms with Gasteiger partial charge in [0.15, 0.2) is 0 Å². The molecule has 224 valence electrons. The summed E-state index contributed by atoms with van der Waals surface area (Å²) in [5, 5.41) is 7.98. The third-order valence-corrected chi connectivity index (χ3v) is 8.74. The molecule has 0 saturated carbocycles. The minimum Gasteiger partial charge on any atom is -0.457 e. The lowest BCUT2D eigenvalue weighted by Gasteiger charge is -2.12. The second-order valence-corrected chi connectivity index (χ2v) is 11.6. The maximum absolute atomic E-state index is 6.46. The molecular formula is C41H29N5O. The van der Waals surface area contributed by atoms with Gasteiger partial charge >= 0.3 is 0 Å². The number of anilines is 3. The van der Waals surface area contributed by atoms with Gasteiger partial charge in [-0.25, -0.2) is 4.98 Å². The molecule has 9 rings (SSSR count). The number of aromatic nitrogens is 3. The summed E-state index contributed by atoms with van der Waals surface area (Å²) in [5.41, 5.74) is 14.1. The fraction of sp³-hybridized carbons (Fsp3) is 0. The van der Waals surface area contributed by atoms with Crippen molar-refractivity contribution in [2.45, 2.75) is 0 Å². The van der Waals surface area contributed by atoms with Crippen molar-refractivity contribution in [3.63, 3.8) is 0 Å². The minimum atomic E-state index is 0.688. The summed E-state index contributed by atoms with van der Waals surface area (Å²) < 4.78 is 11.0. The lowest BCUT2D eigenvalue weighted by atomic mass is 10.1. The van der Waals surface area contributed by atoms with Gasteiger partial charge < -0.3 is 20.4 Å². The monoisotopic (exact) mass is 607 g/mol. The number of fused-ring (bicyclic) bond motifs is 6. The van der Waals surface area contributed by atoms with Gasteiger partial charge in [0.25, 0.3) is 0 Å². The zero-order valence-electron chi connectivity index (χ0n) is 25.3. The highest BCUT2D eigenvalue weighted by Gasteiger charge is 2.18. The molecule has 0 unspecified atom stereocenters. The van der Waals surface area contributed by atoms with Crippen LogP contribution in [0, 0.1) is 0 Å². The van der Waals surface area contributed by atoms with E-state index in [1.807, 2.05) is 66.9 Å². The predicted octanol–water partition coefficient (Wildman–Crippen LogP) is 10.4. The van der Waals surface area contributed by atoms with Crippen LogP contribution in [0.5, 0.6) is 11.5 Å². The van der Waals surface area contributed by atoms with E-state index in [0.29, 0.717) is 5.69 Å². The topological polar surface area (TPSA) is 70.0 Å². The van der Waals surface area contributed by atoms with Crippen LogP contribution in [-0.2, 0) is 0 Å². The molecule has 0 spiro atoms. The Morgan fingerprint density at radius 3 is 2.00 bits per heavy atom. The maximum atomic E-state index is 6.46. The second-order valence-electron chi connectivity index (χ2n) is 11.6. The summed E-state index contributed by atoms with van der Waals surface area (Å²) in [6.45, 7) is 0. The molecule has 6 nitrogen and oxygen atoms in total. The van der Waals surface area contributed by atoms with Gasteiger partial charge in [-0.2, -0.15) is 0 Å². The summed E-state index contributed by atoms with van der Waals surface area (Å²) in [6, 6.07) is 51.6. The summed E-state index contributed by atoms with van der Waals surface area (Å²) in [4.78, 5) is 5.07. The lowest BCUT2D eigenvalue weighted by Crippen LogP contribution is -1.99. The lowest BCUT2D eigenvalue weighted by molar-refractivity contribution is 0.483. The molecule has 0 amide bonds. The van der Waals surface area contributed by atoms with Gasteiger partial charge in [0.1, 0.15) is 17.3 Å². The van der Waals surface area contributed by atoms with Gasteiger partial charge in [-0.3, -0.25) is 4.57 Å². The van der Waals surface area contributed by atoms with E-state index in [1.165, 1.54) is 5.39 Å². The van der Waals surface area contributed by atoms with Crippen LogP contribution in [0.15, 0.2) is 158 Å². The van der Waals surface area contributed by atoms with E-state index in [2.05, 4.69) is 105 Å². The normalized spacial score (nSPS) is 11.5.